The number of rotatable bonds is 4. The fourth-order valence-corrected chi connectivity index (χ4v) is 1.74. The summed E-state index contributed by atoms with van der Waals surface area (Å²) in [6, 6.07) is 10.5. The van der Waals surface area contributed by atoms with Gasteiger partial charge in [0.1, 0.15) is 11.6 Å². The van der Waals surface area contributed by atoms with Gasteiger partial charge < -0.3 is 11.1 Å². The van der Waals surface area contributed by atoms with E-state index < -0.39 is 6.04 Å². The Morgan fingerprint density at radius 2 is 1.50 bits per heavy atom. The van der Waals surface area contributed by atoms with Crippen LogP contribution in [0.3, 0.4) is 0 Å². The van der Waals surface area contributed by atoms with E-state index in [-0.39, 0.29) is 17.5 Å². The molecule has 3 nitrogen and oxygen atoms in total. The van der Waals surface area contributed by atoms with E-state index in [1.807, 2.05) is 0 Å². The van der Waals surface area contributed by atoms with Crippen molar-refractivity contribution < 1.29 is 13.6 Å². The van der Waals surface area contributed by atoms with Crippen molar-refractivity contribution in [3.05, 3.63) is 65.7 Å². The number of carbonyl (C=O) groups is 1. The molecule has 0 saturated carbocycles. The fraction of sp³-hybridized carbons (Fsp3) is 0.133. The highest BCUT2D eigenvalue weighted by atomic mass is 19.1. The zero-order chi connectivity index (χ0) is 14.5. The minimum absolute atomic E-state index is 0.299. The lowest BCUT2D eigenvalue weighted by molar-refractivity contribution is -0.117. The maximum absolute atomic E-state index is 12.8. The number of benzene rings is 2. The SMILES string of the molecule is N[C@@H](Cc1ccc(F)cc1)C(=O)Nc1ccc(F)cc1. The normalized spacial score (nSPS) is 11.9. The lowest BCUT2D eigenvalue weighted by Gasteiger charge is -2.12. The van der Waals surface area contributed by atoms with E-state index in [1.165, 1.54) is 36.4 Å². The number of carbonyl (C=O) groups excluding carboxylic acids is 1. The molecule has 0 bridgehead atoms. The zero-order valence-electron chi connectivity index (χ0n) is 10.6. The molecule has 2 aromatic carbocycles. The molecule has 20 heavy (non-hydrogen) atoms. The van der Waals surface area contributed by atoms with Gasteiger partial charge in [0.15, 0.2) is 0 Å². The van der Waals surface area contributed by atoms with Crippen LogP contribution in [0.25, 0.3) is 0 Å². The van der Waals surface area contributed by atoms with Gasteiger partial charge in [-0.15, -0.1) is 0 Å². The zero-order valence-corrected chi connectivity index (χ0v) is 10.6. The van der Waals surface area contributed by atoms with E-state index in [0.29, 0.717) is 12.1 Å². The molecule has 1 atom stereocenters. The second-order valence-corrected chi connectivity index (χ2v) is 4.43. The Kier molecular flexibility index (Phi) is 4.42. The van der Waals surface area contributed by atoms with Crippen LogP contribution in [0.15, 0.2) is 48.5 Å². The minimum atomic E-state index is -0.759. The molecule has 0 aromatic heterocycles. The van der Waals surface area contributed by atoms with Gasteiger partial charge in [0.2, 0.25) is 5.91 Å². The highest BCUT2D eigenvalue weighted by Gasteiger charge is 2.14. The van der Waals surface area contributed by atoms with Crippen molar-refractivity contribution in [2.24, 2.45) is 5.73 Å². The largest absolute Gasteiger partial charge is 0.325 e. The van der Waals surface area contributed by atoms with Crippen molar-refractivity contribution in [1.29, 1.82) is 0 Å². The average molecular weight is 276 g/mol. The average Bonchev–Trinajstić information content (AvgIpc) is 2.44. The second-order valence-electron chi connectivity index (χ2n) is 4.43. The van der Waals surface area contributed by atoms with Crippen molar-refractivity contribution in [3.63, 3.8) is 0 Å². The fourth-order valence-electron chi connectivity index (χ4n) is 1.74. The third kappa shape index (κ3) is 3.86. The quantitative estimate of drug-likeness (QED) is 0.901. The Morgan fingerprint density at radius 3 is 2.05 bits per heavy atom. The van der Waals surface area contributed by atoms with Gasteiger partial charge in [-0.25, -0.2) is 8.78 Å². The number of nitrogens with two attached hydrogens (primary N) is 1. The standard InChI is InChI=1S/C15H14F2N2O/c16-11-3-1-10(2-4-11)9-14(18)15(20)19-13-7-5-12(17)6-8-13/h1-8,14H,9,18H2,(H,19,20)/t14-/m0/s1. The number of hydrogen-bond acceptors (Lipinski definition) is 2. The second kappa shape index (κ2) is 6.25. The Hall–Kier alpha value is -2.27. The molecule has 0 aliphatic rings. The van der Waals surface area contributed by atoms with Gasteiger partial charge in [-0.1, -0.05) is 12.1 Å². The molecule has 1 amide bonds. The van der Waals surface area contributed by atoms with Crippen LogP contribution in [0.5, 0.6) is 0 Å². The predicted octanol–water partition coefficient (Wildman–Crippen LogP) is 2.47. The molecular formula is C15H14F2N2O. The molecular weight excluding hydrogens is 262 g/mol. The molecule has 3 N–H and O–H groups in total. The van der Waals surface area contributed by atoms with Crippen molar-refractivity contribution in [2.45, 2.75) is 12.5 Å². The monoisotopic (exact) mass is 276 g/mol. The van der Waals surface area contributed by atoms with Gasteiger partial charge in [0.25, 0.3) is 0 Å². The Balaban J connectivity index is 1.94. The number of nitrogens with one attached hydrogen (secondary N) is 1. The van der Waals surface area contributed by atoms with E-state index in [2.05, 4.69) is 5.32 Å². The number of amides is 1. The molecule has 0 fully saturated rings. The minimum Gasteiger partial charge on any atom is -0.325 e. The van der Waals surface area contributed by atoms with Crippen LogP contribution in [0.4, 0.5) is 14.5 Å². The Bertz CT molecular complexity index is 582. The van der Waals surface area contributed by atoms with Gasteiger partial charge in [-0.05, 0) is 48.4 Å². The van der Waals surface area contributed by atoms with E-state index in [1.54, 1.807) is 12.1 Å². The summed E-state index contributed by atoms with van der Waals surface area (Å²) in [4.78, 5) is 11.9. The van der Waals surface area contributed by atoms with Gasteiger partial charge >= 0.3 is 0 Å². The molecule has 0 aliphatic carbocycles. The summed E-state index contributed by atoms with van der Waals surface area (Å²) in [5.74, 6) is -1.09. The highest BCUT2D eigenvalue weighted by molar-refractivity contribution is 5.94. The summed E-state index contributed by atoms with van der Waals surface area (Å²) in [5, 5.41) is 2.60. The molecule has 0 unspecified atom stereocenters. The first-order valence-corrected chi connectivity index (χ1v) is 6.11. The molecule has 0 aliphatic heterocycles. The van der Waals surface area contributed by atoms with E-state index in [4.69, 9.17) is 5.73 Å². The molecule has 0 heterocycles. The third-order valence-electron chi connectivity index (χ3n) is 2.82. The Labute approximate surface area is 115 Å². The summed E-state index contributed by atoms with van der Waals surface area (Å²) in [6.45, 7) is 0. The van der Waals surface area contributed by atoms with Crippen molar-refractivity contribution in [2.75, 3.05) is 5.32 Å². The first kappa shape index (κ1) is 14.1. The summed E-state index contributed by atoms with van der Waals surface area (Å²) in [7, 11) is 0. The van der Waals surface area contributed by atoms with Crippen molar-refractivity contribution >= 4 is 11.6 Å². The van der Waals surface area contributed by atoms with Crippen LogP contribution < -0.4 is 11.1 Å². The number of anilines is 1. The molecule has 0 radical (unpaired) electrons. The molecule has 0 spiro atoms. The Morgan fingerprint density at radius 1 is 1.00 bits per heavy atom. The van der Waals surface area contributed by atoms with Gasteiger partial charge in [0.05, 0.1) is 6.04 Å². The lowest BCUT2D eigenvalue weighted by atomic mass is 10.1. The van der Waals surface area contributed by atoms with Crippen LogP contribution in [0.2, 0.25) is 0 Å². The van der Waals surface area contributed by atoms with Crippen LogP contribution in [-0.4, -0.2) is 11.9 Å². The van der Waals surface area contributed by atoms with Gasteiger partial charge in [-0.3, -0.25) is 4.79 Å². The lowest BCUT2D eigenvalue weighted by Crippen LogP contribution is -2.37. The smallest absolute Gasteiger partial charge is 0.241 e. The third-order valence-corrected chi connectivity index (χ3v) is 2.82. The number of hydrogen-bond donors (Lipinski definition) is 2. The van der Waals surface area contributed by atoms with Gasteiger partial charge in [0, 0.05) is 5.69 Å². The summed E-state index contributed by atoms with van der Waals surface area (Å²) in [6.07, 6.45) is 0.299. The topological polar surface area (TPSA) is 55.1 Å². The van der Waals surface area contributed by atoms with E-state index in [9.17, 15) is 13.6 Å². The highest BCUT2D eigenvalue weighted by Crippen LogP contribution is 2.10. The van der Waals surface area contributed by atoms with E-state index >= 15 is 0 Å². The van der Waals surface area contributed by atoms with Crippen LogP contribution >= 0.6 is 0 Å². The first-order valence-electron chi connectivity index (χ1n) is 6.11. The number of halogens is 2. The predicted molar refractivity (Wildman–Crippen MR) is 73.1 cm³/mol. The molecule has 2 rings (SSSR count). The van der Waals surface area contributed by atoms with Gasteiger partial charge in [-0.2, -0.15) is 0 Å². The maximum atomic E-state index is 12.8. The van der Waals surface area contributed by atoms with Crippen LogP contribution in [0, 0.1) is 11.6 Å². The maximum Gasteiger partial charge on any atom is 0.241 e. The summed E-state index contributed by atoms with van der Waals surface area (Å²) < 4.78 is 25.5. The summed E-state index contributed by atoms with van der Waals surface area (Å²) >= 11 is 0. The van der Waals surface area contributed by atoms with E-state index in [0.717, 1.165) is 5.56 Å². The molecule has 0 saturated heterocycles. The first-order chi connectivity index (χ1) is 9.54. The van der Waals surface area contributed by atoms with Crippen molar-refractivity contribution in [3.8, 4) is 0 Å². The summed E-state index contributed by atoms with van der Waals surface area (Å²) in [5.41, 5.74) is 7.03. The van der Waals surface area contributed by atoms with Crippen LogP contribution in [0.1, 0.15) is 5.56 Å². The molecule has 104 valence electrons. The molecule has 2 aromatic rings. The van der Waals surface area contributed by atoms with Crippen molar-refractivity contribution in [1.82, 2.24) is 0 Å². The molecule has 5 heteroatoms. The van der Waals surface area contributed by atoms with Crippen LogP contribution in [-0.2, 0) is 11.2 Å².